The summed E-state index contributed by atoms with van der Waals surface area (Å²) < 4.78 is 6.80. The number of carbonyl (C=O) groups excluding carboxylic acids is 2. The minimum Gasteiger partial charge on any atom is -0.461 e. The molecule has 2 heterocycles. The van der Waals surface area contributed by atoms with Gasteiger partial charge in [0.2, 0.25) is 5.91 Å². The van der Waals surface area contributed by atoms with Gasteiger partial charge in [-0.3, -0.25) is 9.48 Å². The summed E-state index contributed by atoms with van der Waals surface area (Å²) in [4.78, 5) is 23.2. The van der Waals surface area contributed by atoms with Crippen LogP contribution in [0.25, 0.3) is 6.08 Å². The summed E-state index contributed by atoms with van der Waals surface area (Å²) in [5.74, 6) is -0.244. The Labute approximate surface area is 123 Å². The van der Waals surface area contributed by atoms with Gasteiger partial charge in [0.05, 0.1) is 12.3 Å². The van der Waals surface area contributed by atoms with Crippen molar-refractivity contribution in [1.82, 2.24) is 15.1 Å². The molecule has 0 aromatic carbocycles. The molecule has 1 aliphatic heterocycles. The van der Waals surface area contributed by atoms with E-state index in [-0.39, 0.29) is 17.9 Å². The van der Waals surface area contributed by atoms with Gasteiger partial charge < -0.3 is 10.1 Å². The van der Waals surface area contributed by atoms with Crippen LogP contribution in [0.5, 0.6) is 0 Å². The maximum absolute atomic E-state index is 11.9. The quantitative estimate of drug-likeness (QED) is 0.845. The number of hydrogen-bond donors (Lipinski definition) is 1. The molecule has 21 heavy (non-hydrogen) atoms. The molecule has 1 fully saturated rings. The SMILES string of the molecule is CCOC(=O)c1nn(C)c2c1C=C(C[C@@H]1CCC(=O)N1)C2. The lowest BCUT2D eigenvalue weighted by molar-refractivity contribution is -0.119. The highest BCUT2D eigenvalue weighted by molar-refractivity contribution is 5.93. The molecule has 1 amide bonds. The van der Waals surface area contributed by atoms with Crippen LogP contribution in [0, 0.1) is 0 Å². The minimum atomic E-state index is -0.374. The van der Waals surface area contributed by atoms with Gasteiger partial charge in [0.15, 0.2) is 5.69 Å². The zero-order valence-electron chi connectivity index (χ0n) is 12.3. The van der Waals surface area contributed by atoms with Crippen molar-refractivity contribution < 1.29 is 14.3 Å². The number of hydrogen-bond acceptors (Lipinski definition) is 4. The Balaban J connectivity index is 1.78. The van der Waals surface area contributed by atoms with E-state index in [4.69, 9.17) is 4.74 Å². The Morgan fingerprint density at radius 1 is 1.57 bits per heavy atom. The van der Waals surface area contributed by atoms with E-state index >= 15 is 0 Å². The predicted molar refractivity (Wildman–Crippen MR) is 76.6 cm³/mol. The Hall–Kier alpha value is -2.11. The fourth-order valence-corrected chi connectivity index (χ4v) is 3.03. The zero-order chi connectivity index (χ0) is 15.0. The summed E-state index contributed by atoms with van der Waals surface area (Å²) in [6.07, 6.45) is 5.14. The number of nitrogens with one attached hydrogen (secondary N) is 1. The van der Waals surface area contributed by atoms with E-state index in [0.717, 1.165) is 30.5 Å². The maximum Gasteiger partial charge on any atom is 0.359 e. The third kappa shape index (κ3) is 2.57. The van der Waals surface area contributed by atoms with Gasteiger partial charge in [-0.05, 0) is 19.8 Å². The lowest BCUT2D eigenvalue weighted by Crippen LogP contribution is -2.25. The molecule has 1 saturated heterocycles. The van der Waals surface area contributed by atoms with Crippen molar-refractivity contribution in [1.29, 1.82) is 0 Å². The third-order valence-corrected chi connectivity index (χ3v) is 4.01. The van der Waals surface area contributed by atoms with E-state index in [1.165, 1.54) is 5.57 Å². The van der Waals surface area contributed by atoms with Crippen molar-refractivity contribution in [2.24, 2.45) is 7.05 Å². The maximum atomic E-state index is 11.9. The molecule has 1 aliphatic carbocycles. The second-order valence-corrected chi connectivity index (χ2v) is 5.54. The molecule has 1 N–H and O–H groups in total. The number of aromatic nitrogens is 2. The van der Waals surface area contributed by atoms with Gasteiger partial charge in [-0.25, -0.2) is 4.79 Å². The fraction of sp³-hybridized carbons (Fsp3) is 0.533. The molecule has 1 aromatic heterocycles. The van der Waals surface area contributed by atoms with Crippen LogP contribution >= 0.6 is 0 Å². The van der Waals surface area contributed by atoms with Gasteiger partial charge in [0.25, 0.3) is 0 Å². The van der Waals surface area contributed by atoms with E-state index in [1.54, 1.807) is 11.6 Å². The van der Waals surface area contributed by atoms with E-state index in [2.05, 4.69) is 10.4 Å². The van der Waals surface area contributed by atoms with Crippen molar-refractivity contribution in [3.05, 3.63) is 22.5 Å². The van der Waals surface area contributed by atoms with E-state index in [9.17, 15) is 9.59 Å². The molecule has 2 aliphatic rings. The molecular weight excluding hydrogens is 270 g/mol. The molecule has 1 aromatic rings. The average Bonchev–Trinajstić information content (AvgIpc) is 3.09. The van der Waals surface area contributed by atoms with Crippen LogP contribution in [0.3, 0.4) is 0 Å². The Morgan fingerprint density at radius 3 is 3.05 bits per heavy atom. The van der Waals surface area contributed by atoms with Crippen molar-refractivity contribution in [3.63, 3.8) is 0 Å². The smallest absolute Gasteiger partial charge is 0.359 e. The van der Waals surface area contributed by atoms with Crippen LogP contribution in [-0.4, -0.2) is 34.3 Å². The predicted octanol–water partition coefficient (Wildman–Crippen LogP) is 1.21. The normalized spacial score (nSPS) is 20.2. The van der Waals surface area contributed by atoms with E-state index in [1.807, 2.05) is 13.1 Å². The second kappa shape index (κ2) is 5.35. The van der Waals surface area contributed by atoms with Crippen LogP contribution in [0.4, 0.5) is 0 Å². The van der Waals surface area contributed by atoms with Gasteiger partial charge in [-0.2, -0.15) is 5.10 Å². The second-order valence-electron chi connectivity index (χ2n) is 5.54. The van der Waals surface area contributed by atoms with Crippen molar-refractivity contribution in [3.8, 4) is 0 Å². The summed E-state index contributed by atoms with van der Waals surface area (Å²) in [6.45, 7) is 2.12. The zero-order valence-corrected chi connectivity index (χ0v) is 12.3. The van der Waals surface area contributed by atoms with E-state index in [0.29, 0.717) is 18.7 Å². The summed E-state index contributed by atoms with van der Waals surface area (Å²) in [5, 5.41) is 7.24. The van der Waals surface area contributed by atoms with Gasteiger partial charge >= 0.3 is 5.97 Å². The number of carbonyl (C=O) groups is 2. The first-order valence-electron chi connectivity index (χ1n) is 7.30. The molecule has 112 valence electrons. The Morgan fingerprint density at radius 2 is 2.38 bits per heavy atom. The van der Waals surface area contributed by atoms with Crippen molar-refractivity contribution >= 4 is 18.0 Å². The van der Waals surface area contributed by atoms with Gasteiger partial charge in [0.1, 0.15) is 0 Å². The third-order valence-electron chi connectivity index (χ3n) is 4.01. The highest BCUT2D eigenvalue weighted by Gasteiger charge is 2.28. The molecule has 0 bridgehead atoms. The number of fused-ring (bicyclic) bond motifs is 1. The lowest BCUT2D eigenvalue weighted by Gasteiger charge is -2.10. The Bertz CT molecular complexity index is 630. The summed E-state index contributed by atoms with van der Waals surface area (Å²) in [6, 6.07) is 0.220. The standard InChI is InChI=1S/C15H19N3O3/c1-3-21-15(20)14-11-7-9(8-12(11)18(2)17-14)6-10-4-5-13(19)16-10/h7,10H,3-6,8H2,1-2H3,(H,16,19)/t10-/m0/s1. The molecular formula is C15H19N3O3. The minimum absolute atomic E-state index is 0.130. The molecule has 3 rings (SSSR count). The molecule has 6 nitrogen and oxygen atoms in total. The summed E-state index contributed by atoms with van der Waals surface area (Å²) >= 11 is 0. The summed E-state index contributed by atoms with van der Waals surface area (Å²) in [5.41, 5.74) is 3.53. The molecule has 1 atom stereocenters. The van der Waals surface area contributed by atoms with Crippen LogP contribution in [-0.2, 0) is 23.0 Å². The van der Waals surface area contributed by atoms with Crippen molar-refractivity contribution in [2.75, 3.05) is 6.61 Å². The molecule has 0 saturated carbocycles. The number of rotatable bonds is 4. The number of nitrogens with zero attached hydrogens (tertiary/aromatic N) is 2. The fourth-order valence-electron chi connectivity index (χ4n) is 3.03. The van der Waals surface area contributed by atoms with Crippen LogP contribution in [0.2, 0.25) is 0 Å². The molecule has 0 unspecified atom stereocenters. The van der Waals surface area contributed by atoms with Crippen LogP contribution in [0.1, 0.15) is 47.9 Å². The highest BCUT2D eigenvalue weighted by Crippen LogP contribution is 2.31. The largest absolute Gasteiger partial charge is 0.461 e. The van der Waals surface area contributed by atoms with Gasteiger partial charge in [-0.1, -0.05) is 11.6 Å². The van der Waals surface area contributed by atoms with Crippen LogP contribution < -0.4 is 5.32 Å². The van der Waals surface area contributed by atoms with Gasteiger partial charge in [-0.15, -0.1) is 0 Å². The summed E-state index contributed by atoms with van der Waals surface area (Å²) in [7, 11) is 1.84. The first kappa shape index (κ1) is 13.9. The number of aryl methyl sites for hydroxylation is 1. The Kier molecular flexibility index (Phi) is 3.53. The molecule has 6 heteroatoms. The topological polar surface area (TPSA) is 73.2 Å². The van der Waals surface area contributed by atoms with Crippen LogP contribution in [0.15, 0.2) is 5.57 Å². The monoisotopic (exact) mass is 289 g/mol. The number of amides is 1. The first-order valence-corrected chi connectivity index (χ1v) is 7.30. The van der Waals surface area contributed by atoms with E-state index < -0.39 is 0 Å². The highest BCUT2D eigenvalue weighted by atomic mass is 16.5. The molecule has 0 spiro atoms. The first-order chi connectivity index (χ1) is 10.1. The van der Waals surface area contributed by atoms with Crippen molar-refractivity contribution in [2.45, 2.75) is 38.6 Å². The number of esters is 1. The lowest BCUT2D eigenvalue weighted by atomic mass is 10.0. The van der Waals surface area contributed by atoms with Gasteiger partial charge in [0, 0.05) is 31.5 Å². The average molecular weight is 289 g/mol. The number of ether oxygens (including phenoxy) is 1. The molecule has 0 radical (unpaired) electrons.